The zero-order chi connectivity index (χ0) is 13.0. The molecule has 0 spiro atoms. The van der Waals surface area contributed by atoms with Gasteiger partial charge in [0.1, 0.15) is 0 Å². The fraction of sp³-hybridized carbons (Fsp3) is 1.00. The molecule has 0 amide bonds. The van der Waals surface area contributed by atoms with Gasteiger partial charge in [-0.3, -0.25) is 0 Å². The second-order valence-electron chi connectivity index (χ2n) is 6.50. The molecule has 2 rings (SSSR count). The fourth-order valence-corrected chi connectivity index (χ4v) is 3.31. The SMILES string of the molecule is CC(CCN1CCN(C)C(C)C1)C1CCCNC1. The van der Waals surface area contributed by atoms with Crippen molar-refractivity contribution in [2.75, 3.05) is 46.3 Å². The molecule has 0 radical (unpaired) electrons. The summed E-state index contributed by atoms with van der Waals surface area (Å²) < 4.78 is 0. The molecule has 0 aromatic rings. The van der Waals surface area contributed by atoms with Crippen molar-refractivity contribution < 1.29 is 0 Å². The van der Waals surface area contributed by atoms with Crippen LogP contribution in [0, 0.1) is 11.8 Å². The van der Waals surface area contributed by atoms with Gasteiger partial charge in [0.2, 0.25) is 0 Å². The minimum Gasteiger partial charge on any atom is -0.316 e. The topological polar surface area (TPSA) is 18.5 Å². The number of piperidine rings is 1. The number of rotatable bonds is 4. The summed E-state index contributed by atoms with van der Waals surface area (Å²) in [6.07, 6.45) is 4.19. The van der Waals surface area contributed by atoms with Crippen LogP contribution in [-0.2, 0) is 0 Å². The van der Waals surface area contributed by atoms with Gasteiger partial charge in [-0.2, -0.15) is 0 Å². The molecular weight excluding hydrogens is 222 g/mol. The Labute approximate surface area is 113 Å². The minimum absolute atomic E-state index is 0.727. The van der Waals surface area contributed by atoms with E-state index in [0.29, 0.717) is 0 Å². The van der Waals surface area contributed by atoms with Crippen molar-refractivity contribution in [1.29, 1.82) is 0 Å². The first-order valence-electron chi connectivity index (χ1n) is 7.80. The highest BCUT2D eigenvalue weighted by molar-refractivity contribution is 4.79. The highest BCUT2D eigenvalue weighted by atomic mass is 15.3. The molecule has 0 aromatic carbocycles. The zero-order valence-electron chi connectivity index (χ0n) is 12.5. The molecule has 3 nitrogen and oxygen atoms in total. The molecule has 0 bridgehead atoms. The van der Waals surface area contributed by atoms with E-state index in [2.05, 4.69) is 36.0 Å². The molecule has 0 aliphatic carbocycles. The number of piperazine rings is 1. The number of nitrogens with one attached hydrogen (secondary N) is 1. The third kappa shape index (κ3) is 3.94. The summed E-state index contributed by atoms with van der Waals surface area (Å²) >= 11 is 0. The van der Waals surface area contributed by atoms with Crippen LogP contribution < -0.4 is 5.32 Å². The quantitative estimate of drug-likeness (QED) is 0.822. The average molecular weight is 253 g/mol. The van der Waals surface area contributed by atoms with Crippen LogP contribution in [0.5, 0.6) is 0 Å². The lowest BCUT2D eigenvalue weighted by atomic mass is 9.85. The van der Waals surface area contributed by atoms with E-state index < -0.39 is 0 Å². The van der Waals surface area contributed by atoms with E-state index >= 15 is 0 Å². The van der Waals surface area contributed by atoms with Crippen LogP contribution in [0.4, 0.5) is 0 Å². The van der Waals surface area contributed by atoms with Gasteiger partial charge in [0.05, 0.1) is 0 Å². The van der Waals surface area contributed by atoms with E-state index in [1.165, 1.54) is 58.5 Å². The Morgan fingerprint density at radius 3 is 2.83 bits per heavy atom. The number of hydrogen-bond donors (Lipinski definition) is 1. The first-order chi connectivity index (χ1) is 8.66. The molecule has 2 saturated heterocycles. The van der Waals surface area contributed by atoms with Gasteiger partial charge in [0.25, 0.3) is 0 Å². The molecule has 18 heavy (non-hydrogen) atoms. The van der Waals surface area contributed by atoms with Crippen molar-refractivity contribution in [1.82, 2.24) is 15.1 Å². The van der Waals surface area contributed by atoms with Gasteiger partial charge in [0, 0.05) is 25.7 Å². The predicted octanol–water partition coefficient (Wildman–Crippen LogP) is 1.65. The van der Waals surface area contributed by atoms with Crippen molar-refractivity contribution in [3.63, 3.8) is 0 Å². The van der Waals surface area contributed by atoms with E-state index in [4.69, 9.17) is 0 Å². The Morgan fingerprint density at radius 1 is 1.33 bits per heavy atom. The summed E-state index contributed by atoms with van der Waals surface area (Å²) in [5.74, 6) is 1.80. The van der Waals surface area contributed by atoms with Crippen molar-refractivity contribution in [2.24, 2.45) is 11.8 Å². The van der Waals surface area contributed by atoms with Gasteiger partial charge in [-0.05, 0) is 64.7 Å². The maximum absolute atomic E-state index is 3.55. The monoisotopic (exact) mass is 253 g/mol. The Hall–Kier alpha value is -0.120. The summed E-state index contributed by atoms with van der Waals surface area (Å²) in [6.45, 7) is 12.3. The molecule has 2 aliphatic heterocycles. The van der Waals surface area contributed by atoms with Gasteiger partial charge >= 0.3 is 0 Å². The van der Waals surface area contributed by atoms with Gasteiger partial charge in [-0.15, -0.1) is 0 Å². The van der Waals surface area contributed by atoms with Crippen LogP contribution in [0.1, 0.15) is 33.1 Å². The molecule has 106 valence electrons. The van der Waals surface area contributed by atoms with Crippen LogP contribution >= 0.6 is 0 Å². The second kappa shape index (κ2) is 6.88. The largest absolute Gasteiger partial charge is 0.316 e. The number of nitrogens with zero attached hydrogens (tertiary/aromatic N) is 2. The molecule has 3 heteroatoms. The maximum atomic E-state index is 3.55. The zero-order valence-corrected chi connectivity index (χ0v) is 12.5. The average Bonchev–Trinajstić information content (AvgIpc) is 2.41. The highest BCUT2D eigenvalue weighted by Crippen LogP contribution is 2.23. The second-order valence-corrected chi connectivity index (χ2v) is 6.50. The van der Waals surface area contributed by atoms with Crippen LogP contribution in [0.15, 0.2) is 0 Å². The molecular formula is C15H31N3. The van der Waals surface area contributed by atoms with Crippen molar-refractivity contribution in [3.05, 3.63) is 0 Å². The summed E-state index contributed by atoms with van der Waals surface area (Å²) in [4.78, 5) is 5.14. The number of likely N-dealkylation sites (N-methyl/N-ethyl adjacent to an activating group) is 1. The summed E-state index contributed by atoms with van der Waals surface area (Å²) in [5, 5.41) is 3.55. The Morgan fingerprint density at radius 2 is 2.17 bits per heavy atom. The Kier molecular flexibility index (Phi) is 5.46. The van der Waals surface area contributed by atoms with E-state index in [1.54, 1.807) is 0 Å². The predicted molar refractivity (Wildman–Crippen MR) is 77.9 cm³/mol. The molecule has 3 unspecified atom stereocenters. The maximum Gasteiger partial charge on any atom is 0.0192 e. The van der Waals surface area contributed by atoms with Gasteiger partial charge < -0.3 is 15.1 Å². The molecule has 0 aromatic heterocycles. The van der Waals surface area contributed by atoms with E-state index in [0.717, 1.165) is 17.9 Å². The molecule has 2 heterocycles. The molecule has 0 saturated carbocycles. The lowest BCUT2D eigenvalue weighted by Gasteiger charge is -2.38. The van der Waals surface area contributed by atoms with Crippen molar-refractivity contribution >= 4 is 0 Å². The molecule has 2 fully saturated rings. The fourth-order valence-electron chi connectivity index (χ4n) is 3.31. The third-order valence-electron chi connectivity index (χ3n) is 5.08. The van der Waals surface area contributed by atoms with Gasteiger partial charge in [-0.25, -0.2) is 0 Å². The van der Waals surface area contributed by atoms with E-state index in [1.807, 2.05) is 0 Å². The smallest absolute Gasteiger partial charge is 0.0192 e. The normalized spacial score (nSPS) is 33.5. The van der Waals surface area contributed by atoms with Crippen LogP contribution in [0.2, 0.25) is 0 Å². The van der Waals surface area contributed by atoms with Crippen LogP contribution in [0.25, 0.3) is 0 Å². The van der Waals surface area contributed by atoms with Crippen molar-refractivity contribution in [2.45, 2.75) is 39.2 Å². The summed E-state index contributed by atoms with van der Waals surface area (Å²) in [7, 11) is 2.25. The van der Waals surface area contributed by atoms with Crippen LogP contribution in [-0.4, -0.2) is 62.2 Å². The molecule has 3 atom stereocenters. The van der Waals surface area contributed by atoms with Gasteiger partial charge in [-0.1, -0.05) is 6.92 Å². The molecule has 1 N–H and O–H groups in total. The first kappa shape index (κ1) is 14.3. The first-order valence-corrected chi connectivity index (χ1v) is 7.80. The van der Waals surface area contributed by atoms with E-state index in [9.17, 15) is 0 Å². The number of hydrogen-bond acceptors (Lipinski definition) is 3. The lowest BCUT2D eigenvalue weighted by Crippen LogP contribution is -2.50. The third-order valence-corrected chi connectivity index (χ3v) is 5.08. The summed E-state index contributed by atoms with van der Waals surface area (Å²) in [5.41, 5.74) is 0. The van der Waals surface area contributed by atoms with Crippen molar-refractivity contribution in [3.8, 4) is 0 Å². The van der Waals surface area contributed by atoms with Gasteiger partial charge in [0.15, 0.2) is 0 Å². The lowest BCUT2D eigenvalue weighted by molar-refractivity contribution is 0.0966. The Balaban J connectivity index is 1.67. The minimum atomic E-state index is 0.727. The highest BCUT2D eigenvalue weighted by Gasteiger charge is 2.23. The van der Waals surface area contributed by atoms with E-state index in [-0.39, 0.29) is 0 Å². The summed E-state index contributed by atoms with van der Waals surface area (Å²) in [6, 6.07) is 0.727. The molecule has 2 aliphatic rings. The van der Waals surface area contributed by atoms with Crippen LogP contribution in [0.3, 0.4) is 0 Å². The standard InChI is InChI=1S/C15H31N3/c1-13(15-5-4-7-16-11-15)6-8-18-10-9-17(3)14(2)12-18/h13-16H,4-12H2,1-3H3. The Bertz CT molecular complexity index is 236.